The van der Waals surface area contributed by atoms with E-state index in [0.717, 1.165) is 11.1 Å². The predicted octanol–water partition coefficient (Wildman–Crippen LogP) is 3.15. The van der Waals surface area contributed by atoms with Crippen molar-refractivity contribution < 1.29 is 9.53 Å². The third-order valence-corrected chi connectivity index (χ3v) is 5.47. The van der Waals surface area contributed by atoms with Crippen molar-refractivity contribution in [3.63, 3.8) is 0 Å². The largest absolute Gasteiger partial charge is 0.465 e. The van der Waals surface area contributed by atoms with E-state index in [-0.39, 0.29) is 11.5 Å². The molecular formula is C25H26N4O4. The minimum atomic E-state index is -0.409. The van der Waals surface area contributed by atoms with Gasteiger partial charge in [-0.1, -0.05) is 43.7 Å². The molecule has 170 valence electrons. The number of hydrogen-bond donors (Lipinski definition) is 0. The number of aryl methyl sites for hydroxylation is 1. The lowest BCUT2D eigenvalue weighted by molar-refractivity contribution is 0.0600. The summed E-state index contributed by atoms with van der Waals surface area (Å²) in [7, 11) is 1.34. The summed E-state index contributed by atoms with van der Waals surface area (Å²) in [4.78, 5) is 42.9. The van der Waals surface area contributed by atoms with E-state index in [0.29, 0.717) is 35.5 Å². The fraction of sp³-hybridized carbons (Fsp3) is 0.280. The van der Waals surface area contributed by atoms with Crippen LogP contribution in [0.1, 0.15) is 35.3 Å². The topological polar surface area (TPSA) is 88.1 Å². The summed E-state index contributed by atoms with van der Waals surface area (Å²) in [6.07, 6.45) is 1.57. The maximum atomic E-state index is 13.4. The van der Waals surface area contributed by atoms with E-state index in [1.807, 2.05) is 45.0 Å². The predicted molar refractivity (Wildman–Crippen MR) is 126 cm³/mol. The van der Waals surface area contributed by atoms with Gasteiger partial charge < -0.3 is 9.30 Å². The number of ether oxygens (including phenoxy) is 1. The summed E-state index contributed by atoms with van der Waals surface area (Å²) < 4.78 is 9.26. The van der Waals surface area contributed by atoms with Crippen LogP contribution in [0.2, 0.25) is 0 Å². The van der Waals surface area contributed by atoms with E-state index >= 15 is 0 Å². The molecule has 8 heteroatoms. The summed E-state index contributed by atoms with van der Waals surface area (Å²) in [6, 6.07) is 14.5. The van der Waals surface area contributed by atoms with Gasteiger partial charge in [0, 0.05) is 13.1 Å². The van der Waals surface area contributed by atoms with Crippen molar-refractivity contribution in [3.05, 3.63) is 92.4 Å². The Bertz CT molecular complexity index is 1430. The summed E-state index contributed by atoms with van der Waals surface area (Å²) in [5, 5.41) is 0. The van der Waals surface area contributed by atoms with Gasteiger partial charge in [-0.15, -0.1) is 0 Å². The summed E-state index contributed by atoms with van der Waals surface area (Å²) in [5.74, 6) is -0.296. The molecule has 0 saturated heterocycles. The maximum absolute atomic E-state index is 13.4. The average Bonchev–Trinajstić information content (AvgIpc) is 3.21. The SMILES string of the molecule is COC(=O)c1ccc(Cn2cnc3c2c(=O)n(CC(C)C)c(=O)n3-c2ccc(C)cc2)cc1. The summed E-state index contributed by atoms with van der Waals surface area (Å²) >= 11 is 0. The van der Waals surface area contributed by atoms with Crippen molar-refractivity contribution in [3.8, 4) is 5.69 Å². The van der Waals surface area contributed by atoms with E-state index in [1.54, 1.807) is 35.2 Å². The van der Waals surface area contributed by atoms with Crippen LogP contribution in [0.25, 0.3) is 16.9 Å². The van der Waals surface area contributed by atoms with Crippen LogP contribution in [0.5, 0.6) is 0 Å². The second kappa shape index (κ2) is 8.90. The van der Waals surface area contributed by atoms with E-state index in [2.05, 4.69) is 4.98 Å². The molecule has 8 nitrogen and oxygen atoms in total. The van der Waals surface area contributed by atoms with Gasteiger partial charge in [0.2, 0.25) is 0 Å². The molecule has 0 amide bonds. The highest BCUT2D eigenvalue weighted by Crippen LogP contribution is 2.16. The Morgan fingerprint density at radius 1 is 1.03 bits per heavy atom. The molecule has 4 aromatic rings. The third kappa shape index (κ3) is 4.24. The first-order valence-electron chi connectivity index (χ1n) is 10.7. The van der Waals surface area contributed by atoms with Gasteiger partial charge in [-0.2, -0.15) is 0 Å². The molecule has 0 fully saturated rings. The van der Waals surface area contributed by atoms with Gasteiger partial charge in [-0.25, -0.2) is 19.1 Å². The molecule has 0 aliphatic heterocycles. The molecule has 0 unspecified atom stereocenters. The van der Waals surface area contributed by atoms with Crippen molar-refractivity contribution in [1.29, 1.82) is 0 Å². The number of imidazole rings is 1. The molecule has 2 aromatic heterocycles. The highest BCUT2D eigenvalue weighted by molar-refractivity contribution is 5.89. The van der Waals surface area contributed by atoms with Crippen LogP contribution >= 0.6 is 0 Å². The number of nitrogens with zero attached hydrogens (tertiary/aromatic N) is 4. The van der Waals surface area contributed by atoms with Crippen LogP contribution in [-0.2, 0) is 17.8 Å². The lowest BCUT2D eigenvalue weighted by atomic mass is 10.1. The standard InChI is InChI=1S/C25H26N4O4/c1-16(2)13-28-23(30)21-22(29(25(28)32)20-11-5-17(3)6-12-20)26-15-27(21)14-18-7-9-19(10-8-18)24(31)33-4/h5-12,15-16H,13-14H2,1-4H3. The molecule has 0 atom stereocenters. The fourth-order valence-corrected chi connectivity index (χ4v) is 3.81. The van der Waals surface area contributed by atoms with Gasteiger partial charge >= 0.3 is 11.7 Å². The van der Waals surface area contributed by atoms with E-state index in [4.69, 9.17) is 4.74 Å². The first kappa shape index (κ1) is 22.3. The van der Waals surface area contributed by atoms with Crippen LogP contribution in [0.15, 0.2) is 64.4 Å². The zero-order valence-corrected chi connectivity index (χ0v) is 19.1. The number of esters is 1. The number of benzene rings is 2. The zero-order chi connectivity index (χ0) is 23.7. The molecule has 2 heterocycles. The molecule has 0 N–H and O–H groups in total. The molecule has 0 saturated carbocycles. The minimum Gasteiger partial charge on any atom is -0.465 e. The first-order chi connectivity index (χ1) is 15.8. The molecule has 33 heavy (non-hydrogen) atoms. The third-order valence-electron chi connectivity index (χ3n) is 5.47. The Labute approximate surface area is 190 Å². The Morgan fingerprint density at radius 2 is 1.70 bits per heavy atom. The van der Waals surface area contributed by atoms with Gasteiger partial charge in [-0.05, 0) is 42.7 Å². The fourth-order valence-electron chi connectivity index (χ4n) is 3.81. The van der Waals surface area contributed by atoms with E-state index in [9.17, 15) is 14.4 Å². The van der Waals surface area contributed by atoms with Gasteiger partial charge in [0.15, 0.2) is 11.2 Å². The molecule has 0 radical (unpaired) electrons. The van der Waals surface area contributed by atoms with Crippen molar-refractivity contribution in [2.24, 2.45) is 5.92 Å². The molecular weight excluding hydrogens is 420 g/mol. The van der Waals surface area contributed by atoms with Gasteiger partial charge in [-0.3, -0.25) is 9.36 Å². The molecule has 2 aromatic carbocycles. The molecule has 4 rings (SSSR count). The highest BCUT2D eigenvalue weighted by Gasteiger charge is 2.20. The van der Waals surface area contributed by atoms with Crippen molar-refractivity contribution >= 4 is 17.1 Å². The van der Waals surface area contributed by atoms with E-state index in [1.165, 1.54) is 16.2 Å². The second-order valence-corrected chi connectivity index (χ2v) is 8.50. The minimum absolute atomic E-state index is 0.113. The molecule has 0 aliphatic rings. The lowest BCUT2D eigenvalue weighted by Crippen LogP contribution is -2.41. The maximum Gasteiger partial charge on any atom is 0.337 e. The number of carbonyl (C=O) groups excluding carboxylic acids is 1. The van der Waals surface area contributed by atoms with Crippen LogP contribution in [0.4, 0.5) is 0 Å². The van der Waals surface area contributed by atoms with Gasteiger partial charge in [0.1, 0.15) is 0 Å². The van der Waals surface area contributed by atoms with Gasteiger partial charge in [0.25, 0.3) is 5.56 Å². The Morgan fingerprint density at radius 3 is 2.30 bits per heavy atom. The molecule has 0 aliphatic carbocycles. The lowest BCUT2D eigenvalue weighted by Gasteiger charge is -2.14. The monoisotopic (exact) mass is 446 g/mol. The number of aromatic nitrogens is 4. The van der Waals surface area contributed by atoms with Crippen molar-refractivity contribution in [2.45, 2.75) is 33.9 Å². The van der Waals surface area contributed by atoms with Gasteiger partial charge in [0.05, 0.1) is 24.7 Å². The Hall–Kier alpha value is -3.94. The number of methoxy groups -OCH3 is 1. The second-order valence-electron chi connectivity index (χ2n) is 8.50. The van der Waals surface area contributed by atoms with Crippen LogP contribution < -0.4 is 11.2 Å². The first-order valence-corrected chi connectivity index (χ1v) is 10.7. The smallest absolute Gasteiger partial charge is 0.337 e. The van der Waals surface area contributed by atoms with Crippen LogP contribution in [0, 0.1) is 12.8 Å². The molecule has 0 bridgehead atoms. The Balaban J connectivity index is 1.88. The normalized spacial score (nSPS) is 11.3. The Kier molecular flexibility index (Phi) is 6.00. The average molecular weight is 447 g/mol. The number of rotatable bonds is 6. The van der Waals surface area contributed by atoms with E-state index < -0.39 is 11.7 Å². The van der Waals surface area contributed by atoms with Crippen LogP contribution in [-0.4, -0.2) is 31.8 Å². The number of carbonyl (C=O) groups is 1. The van der Waals surface area contributed by atoms with Crippen molar-refractivity contribution in [1.82, 2.24) is 18.7 Å². The summed E-state index contributed by atoms with van der Waals surface area (Å²) in [6.45, 7) is 6.57. The molecule has 0 spiro atoms. The number of hydrogen-bond acceptors (Lipinski definition) is 5. The van der Waals surface area contributed by atoms with Crippen LogP contribution in [0.3, 0.4) is 0 Å². The summed E-state index contributed by atoms with van der Waals surface area (Å²) in [5.41, 5.74) is 2.95. The number of fused-ring (bicyclic) bond motifs is 1. The zero-order valence-electron chi connectivity index (χ0n) is 19.1. The quantitative estimate of drug-likeness (QED) is 0.425. The van der Waals surface area contributed by atoms with Crippen molar-refractivity contribution in [2.75, 3.05) is 7.11 Å². The highest BCUT2D eigenvalue weighted by atomic mass is 16.5.